The third kappa shape index (κ3) is 9.63. The van der Waals surface area contributed by atoms with Crippen molar-refractivity contribution in [1.29, 1.82) is 0 Å². The van der Waals surface area contributed by atoms with E-state index in [1.165, 1.54) is 38.5 Å². The van der Waals surface area contributed by atoms with Gasteiger partial charge in [-0.2, -0.15) is 25.3 Å². The summed E-state index contributed by atoms with van der Waals surface area (Å²) in [5.74, 6) is 1.44. The lowest BCUT2D eigenvalue weighted by Crippen LogP contribution is -2.67. The maximum atomic E-state index is 12.2. The molecule has 0 aliphatic heterocycles. The van der Waals surface area contributed by atoms with Crippen molar-refractivity contribution in [3.63, 3.8) is 0 Å². The number of unbranched alkanes of at least 4 members (excludes halogenated alkanes) is 6. The van der Waals surface area contributed by atoms with Crippen LogP contribution in [0.2, 0.25) is 0 Å². The van der Waals surface area contributed by atoms with E-state index in [-0.39, 0.29) is 17.1 Å². The van der Waals surface area contributed by atoms with E-state index >= 15 is 0 Å². The smallest absolute Gasteiger partial charge is 0.160 e. The van der Waals surface area contributed by atoms with Crippen molar-refractivity contribution < 1.29 is 10.2 Å². The molecule has 2 aromatic carbocycles. The Morgan fingerprint density at radius 3 is 1.19 bits per heavy atom. The highest BCUT2D eigenvalue weighted by Crippen LogP contribution is 2.63. The van der Waals surface area contributed by atoms with Crippen molar-refractivity contribution in [3.8, 4) is 0 Å². The van der Waals surface area contributed by atoms with E-state index in [4.69, 9.17) is 50.5 Å². The molecule has 2 unspecified atom stereocenters. The van der Waals surface area contributed by atoms with Crippen LogP contribution in [-0.2, 0) is 5.41 Å². The largest absolute Gasteiger partial charge is 0.395 e. The summed E-state index contributed by atoms with van der Waals surface area (Å²) >= 11 is 20.4. The second-order valence-corrected chi connectivity index (χ2v) is 16.0. The molecule has 0 bridgehead atoms. The normalized spacial score (nSPS) is 15.6. The second-order valence-electron chi connectivity index (χ2n) is 13.1. The minimum absolute atomic E-state index is 0.235. The minimum atomic E-state index is -1.80. The zero-order valence-corrected chi connectivity index (χ0v) is 30.0. The van der Waals surface area contributed by atoms with Crippen molar-refractivity contribution in [2.24, 2.45) is 17.3 Å². The van der Waals surface area contributed by atoms with Gasteiger partial charge < -0.3 is 10.2 Å². The first-order valence-corrected chi connectivity index (χ1v) is 18.1. The molecule has 2 nitrogen and oxygen atoms in total. The van der Waals surface area contributed by atoms with Gasteiger partial charge in [0.15, 0.2) is 4.27 Å². The van der Waals surface area contributed by atoms with Crippen molar-refractivity contribution in [3.05, 3.63) is 71.8 Å². The molecule has 0 saturated carbocycles. The predicted molar refractivity (Wildman–Crippen MR) is 197 cm³/mol. The molecule has 0 aliphatic carbocycles. The summed E-state index contributed by atoms with van der Waals surface area (Å²) in [7, 11) is 0. The molecule has 0 spiro atoms. The van der Waals surface area contributed by atoms with Gasteiger partial charge in [-0.15, -0.1) is 25.3 Å². The van der Waals surface area contributed by atoms with Gasteiger partial charge >= 0.3 is 0 Å². The summed E-state index contributed by atoms with van der Waals surface area (Å²) in [6, 6.07) is 20.1. The monoisotopic (exact) mass is 650 g/mol. The highest BCUT2D eigenvalue weighted by atomic mass is 32.2. The van der Waals surface area contributed by atoms with E-state index in [0.29, 0.717) is 0 Å². The molecular formula is C36H58O2S4. The molecule has 42 heavy (non-hydrogen) atoms. The third-order valence-electron chi connectivity index (χ3n) is 9.10. The Morgan fingerprint density at radius 1 is 0.571 bits per heavy atom. The van der Waals surface area contributed by atoms with Gasteiger partial charge in [-0.25, -0.2) is 0 Å². The number of rotatable bonds is 21. The second kappa shape index (κ2) is 18.7. The average molecular weight is 651 g/mol. The number of thiol groups is 4. The SMILES string of the molecule is CC(C)CCCCCCC(S)C(C(S)CCCCCCC(C)C)(C(O)(S)S)C(CO)(c1ccccc1)c1ccccc1. The Hall–Kier alpha value is -0.240. The van der Waals surface area contributed by atoms with E-state index in [9.17, 15) is 10.2 Å². The maximum Gasteiger partial charge on any atom is 0.160 e. The van der Waals surface area contributed by atoms with Gasteiger partial charge in [0.25, 0.3) is 0 Å². The van der Waals surface area contributed by atoms with Gasteiger partial charge in [0.05, 0.1) is 17.4 Å². The molecule has 2 aromatic rings. The topological polar surface area (TPSA) is 40.5 Å². The quantitative estimate of drug-likeness (QED) is 0.0463. The summed E-state index contributed by atoms with van der Waals surface area (Å²) in [6.45, 7) is 8.86. The zero-order valence-electron chi connectivity index (χ0n) is 26.5. The Kier molecular flexibility index (Phi) is 16.9. The Balaban J connectivity index is 2.59. The van der Waals surface area contributed by atoms with Crippen LogP contribution >= 0.6 is 50.5 Å². The van der Waals surface area contributed by atoms with Crippen LogP contribution in [0.15, 0.2) is 60.7 Å². The number of aliphatic hydroxyl groups is 2. The molecule has 0 fully saturated rings. The fourth-order valence-electron chi connectivity index (χ4n) is 6.87. The molecule has 2 atom stereocenters. The lowest BCUT2D eigenvalue weighted by Gasteiger charge is -2.60. The fraction of sp³-hybridized carbons (Fsp3) is 0.667. The summed E-state index contributed by atoms with van der Waals surface area (Å²) in [5, 5.41) is 23.1. The van der Waals surface area contributed by atoms with Crippen LogP contribution in [0, 0.1) is 17.3 Å². The number of benzene rings is 2. The van der Waals surface area contributed by atoms with Crippen molar-refractivity contribution >= 4 is 50.5 Å². The maximum absolute atomic E-state index is 12.2. The lowest BCUT2D eigenvalue weighted by molar-refractivity contribution is -0.0214. The first kappa shape index (κ1) is 37.9. The summed E-state index contributed by atoms with van der Waals surface area (Å²) in [6.07, 6.45) is 13.0. The molecule has 0 saturated heterocycles. The Bertz CT molecular complexity index is 909. The van der Waals surface area contributed by atoms with Gasteiger partial charge in [0.2, 0.25) is 0 Å². The molecule has 0 amide bonds. The molecule has 2 rings (SSSR count). The third-order valence-corrected chi connectivity index (χ3v) is 11.2. The van der Waals surface area contributed by atoms with Crippen LogP contribution in [0.4, 0.5) is 0 Å². The van der Waals surface area contributed by atoms with E-state index in [2.05, 4.69) is 27.7 Å². The van der Waals surface area contributed by atoms with Crippen LogP contribution in [0.1, 0.15) is 116 Å². The van der Waals surface area contributed by atoms with E-state index < -0.39 is 15.1 Å². The Labute approximate surface area is 279 Å². The van der Waals surface area contributed by atoms with E-state index in [1.807, 2.05) is 60.7 Å². The first-order chi connectivity index (χ1) is 19.9. The number of aliphatic hydroxyl groups excluding tert-OH is 1. The van der Waals surface area contributed by atoms with Crippen molar-refractivity contribution in [1.82, 2.24) is 0 Å². The molecule has 6 heteroatoms. The van der Waals surface area contributed by atoms with Crippen molar-refractivity contribution in [2.45, 2.75) is 125 Å². The summed E-state index contributed by atoms with van der Waals surface area (Å²) in [4.78, 5) is 0. The fourth-order valence-corrected chi connectivity index (χ4v) is 9.94. The van der Waals surface area contributed by atoms with Crippen molar-refractivity contribution in [2.75, 3.05) is 6.61 Å². The molecule has 0 heterocycles. The standard InChI is InChI=1S/C36H58O2S4/c1-28(2)19-11-5-7-17-25-32(39)35(36(38,41)42,33(40)26-18-8-6-12-20-29(3)4)34(27-37,30-21-13-9-14-22-30)31-23-15-10-16-24-31/h9-10,13-16,21-24,28-29,32-33,37-42H,5-8,11-12,17-20,25-27H2,1-4H3. The predicted octanol–water partition coefficient (Wildman–Crippen LogP) is 10.0. The Morgan fingerprint density at radius 2 is 0.905 bits per heavy atom. The van der Waals surface area contributed by atoms with Crippen LogP contribution in [0.3, 0.4) is 0 Å². The van der Waals surface area contributed by atoms with E-state index in [1.54, 1.807) is 0 Å². The number of hydrogen-bond donors (Lipinski definition) is 6. The van der Waals surface area contributed by atoms with E-state index in [0.717, 1.165) is 61.5 Å². The number of hydrogen-bond acceptors (Lipinski definition) is 6. The zero-order chi connectivity index (χ0) is 31.2. The highest BCUT2D eigenvalue weighted by molar-refractivity contribution is 8.00. The van der Waals surface area contributed by atoms with Crippen LogP contribution in [0.25, 0.3) is 0 Å². The molecular weight excluding hydrogens is 593 g/mol. The average Bonchev–Trinajstić information content (AvgIpc) is 2.95. The summed E-state index contributed by atoms with van der Waals surface area (Å²) < 4.78 is -1.80. The van der Waals surface area contributed by atoms with Gasteiger partial charge in [-0.3, -0.25) is 0 Å². The highest BCUT2D eigenvalue weighted by Gasteiger charge is 2.67. The summed E-state index contributed by atoms with van der Waals surface area (Å²) in [5.41, 5.74) is -0.368. The van der Waals surface area contributed by atoms with Crippen LogP contribution < -0.4 is 0 Å². The molecule has 0 radical (unpaired) electrons. The minimum Gasteiger partial charge on any atom is -0.395 e. The lowest BCUT2D eigenvalue weighted by atomic mass is 9.52. The van der Waals surface area contributed by atoms with Crippen LogP contribution in [-0.4, -0.2) is 31.6 Å². The van der Waals surface area contributed by atoms with Crippen LogP contribution in [0.5, 0.6) is 0 Å². The molecule has 0 aliphatic rings. The molecule has 0 aromatic heterocycles. The van der Waals surface area contributed by atoms with Gasteiger partial charge in [-0.1, -0.05) is 153 Å². The molecule has 238 valence electrons. The van der Waals surface area contributed by atoms with Gasteiger partial charge in [0, 0.05) is 10.5 Å². The molecule has 2 N–H and O–H groups in total. The van der Waals surface area contributed by atoms with Gasteiger partial charge in [-0.05, 0) is 35.8 Å². The van der Waals surface area contributed by atoms with Gasteiger partial charge in [0.1, 0.15) is 0 Å². The first-order valence-electron chi connectivity index (χ1n) is 16.2.